The van der Waals surface area contributed by atoms with Crippen molar-refractivity contribution in [3.05, 3.63) is 54.1 Å². The maximum atomic E-state index is 12.7. The third kappa shape index (κ3) is 4.47. The van der Waals surface area contributed by atoms with Gasteiger partial charge in [0.2, 0.25) is 15.9 Å². The summed E-state index contributed by atoms with van der Waals surface area (Å²) in [6, 6.07) is 15.0. The van der Waals surface area contributed by atoms with E-state index >= 15 is 0 Å². The van der Waals surface area contributed by atoms with Gasteiger partial charge in [0.25, 0.3) is 0 Å². The molecule has 0 aliphatic carbocycles. The number of amides is 1. The van der Waals surface area contributed by atoms with Gasteiger partial charge < -0.3 is 9.64 Å². The van der Waals surface area contributed by atoms with Crippen LogP contribution in [0.15, 0.2) is 48.5 Å². The second-order valence-electron chi connectivity index (χ2n) is 6.76. The number of fused-ring (bicyclic) bond motifs is 1. The van der Waals surface area contributed by atoms with Crippen LogP contribution in [-0.4, -0.2) is 40.3 Å². The van der Waals surface area contributed by atoms with Crippen molar-refractivity contribution in [3.63, 3.8) is 0 Å². The Hall–Kier alpha value is -2.54. The fourth-order valence-electron chi connectivity index (χ4n) is 3.51. The molecule has 0 spiro atoms. The van der Waals surface area contributed by atoms with Crippen LogP contribution in [0.2, 0.25) is 0 Å². The Morgan fingerprint density at radius 3 is 2.61 bits per heavy atom. The number of hydrogen-bond acceptors (Lipinski definition) is 4. The van der Waals surface area contributed by atoms with Gasteiger partial charge in [0.1, 0.15) is 5.75 Å². The first-order valence-corrected chi connectivity index (χ1v) is 11.3. The van der Waals surface area contributed by atoms with Gasteiger partial charge >= 0.3 is 0 Å². The van der Waals surface area contributed by atoms with Crippen LogP contribution in [0.1, 0.15) is 25.3 Å². The van der Waals surface area contributed by atoms with Crippen molar-refractivity contribution in [1.82, 2.24) is 0 Å². The van der Waals surface area contributed by atoms with E-state index in [0.29, 0.717) is 31.0 Å². The van der Waals surface area contributed by atoms with Crippen molar-refractivity contribution in [1.29, 1.82) is 0 Å². The van der Waals surface area contributed by atoms with Crippen LogP contribution in [0.4, 0.5) is 11.4 Å². The number of benzene rings is 2. The van der Waals surface area contributed by atoms with E-state index in [9.17, 15) is 13.2 Å². The maximum Gasteiger partial charge on any atom is 0.232 e. The second-order valence-corrected chi connectivity index (χ2v) is 8.67. The first-order chi connectivity index (χ1) is 13.4. The Bertz CT molecular complexity index is 943. The molecule has 0 N–H and O–H groups in total. The molecule has 0 fully saturated rings. The summed E-state index contributed by atoms with van der Waals surface area (Å²) in [7, 11) is -3.50. The Kier molecular flexibility index (Phi) is 6.24. The van der Waals surface area contributed by atoms with Crippen LogP contribution in [0.25, 0.3) is 0 Å². The minimum Gasteiger partial charge on any atom is -0.492 e. The molecule has 0 saturated carbocycles. The van der Waals surface area contributed by atoms with Crippen LogP contribution in [0.3, 0.4) is 0 Å². The fraction of sp³-hybridized carbons (Fsp3) is 0.381. The van der Waals surface area contributed by atoms with E-state index in [4.69, 9.17) is 4.74 Å². The van der Waals surface area contributed by atoms with E-state index in [0.717, 1.165) is 12.1 Å². The quantitative estimate of drug-likeness (QED) is 0.680. The van der Waals surface area contributed by atoms with Gasteiger partial charge in [0.05, 0.1) is 18.6 Å². The van der Waals surface area contributed by atoms with E-state index in [-0.39, 0.29) is 18.9 Å². The number of rotatable bonds is 8. The van der Waals surface area contributed by atoms with E-state index in [1.165, 1.54) is 16.1 Å². The zero-order valence-corrected chi connectivity index (χ0v) is 17.1. The van der Waals surface area contributed by atoms with Crippen molar-refractivity contribution in [2.24, 2.45) is 0 Å². The number of hydrogen-bond donors (Lipinski definition) is 0. The highest BCUT2D eigenvalue weighted by atomic mass is 32.2. The fourth-order valence-corrected chi connectivity index (χ4v) is 4.48. The summed E-state index contributed by atoms with van der Waals surface area (Å²) in [5.74, 6) is 0.548. The molecule has 2 aromatic carbocycles. The molecule has 1 aliphatic rings. The number of nitrogens with zero attached hydrogens (tertiary/aromatic N) is 2. The standard InChI is InChI=1S/C21H26N2O4S/c1-3-27-20-12-7-6-11-19(20)23(28(2,25)26)15-8-13-21(24)22-16-14-17-9-4-5-10-18(17)22/h4-7,9-12H,3,8,13-16H2,1-2H3. The minimum atomic E-state index is -3.50. The average molecular weight is 403 g/mol. The number of anilines is 2. The van der Waals surface area contributed by atoms with Gasteiger partial charge in [-0.15, -0.1) is 0 Å². The Morgan fingerprint density at radius 2 is 1.86 bits per heavy atom. The summed E-state index contributed by atoms with van der Waals surface area (Å²) in [4.78, 5) is 14.5. The number of ether oxygens (including phenoxy) is 1. The predicted molar refractivity (Wildman–Crippen MR) is 112 cm³/mol. The third-order valence-corrected chi connectivity index (χ3v) is 5.95. The van der Waals surface area contributed by atoms with Crippen LogP contribution >= 0.6 is 0 Å². The van der Waals surface area contributed by atoms with Crippen LogP contribution in [0, 0.1) is 0 Å². The lowest BCUT2D eigenvalue weighted by atomic mass is 10.2. The summed E-state index contributed by atoms with van der Waals surface area (Å²) in [6.45, 7) is 3.21. The molecule has 0 saturated heterocycles. The molecule has 7 heteroatoms. The zero-order chi connectivity index (χ0) is 20.1. The second kappa shape index (κ2) is 8.65. The van der Waals surface area contributed by atoms with E-state index < -0.39 is 10.0 Å². The summed E-state index contributed by atoms with van der Waals surface area (Å²) < 4.78 is 31.6. The van der Waals surface area contributed by atoms with Gasteiger partial charge in [0, 0.05) is 25.2 Å². The topological polar surface area (TPSA) is 66.9 Å². The summed E-state index contributed by atoms with van der Waals surface area (Å²) in [5, 5.41) is 0. The summed E-state index contributed by atoms with van der Waals surface area (Å²) in [5.41, 5.74) is 2.65. The lowest BCUT2D eigenvalue weighted by molar-refractivity contribution is -0.118. The van der Waals surface area contributed by atoms with Crippen molar-refractivity contribution in [2.45, 2.75) is 26.2 Å². The largest absolute Gasteiger partial charge is 0.492 e. The molecule has 0 aromatic heterocycles. The smallest absolute Gasteiger partial charge is 0.232 e. The molecular formula is C21H26N2O4S. The van der Waals surface area contributed by atoms with Gasteiger partial charge in [-0.3, -0.25) is 9.10 Å². The first kappa shape index (κ1) is 20.2. The molecule has 6 nitrogen and oxygen atoms in total. The van der Waals surface area contributed by atoms with Crippen molar-refractivity contribution in [3.8, 4) is 5.75 Å². The lowest BCUT2D eigenvalue weighted by Crippen LogP contribution is -2.33. The molecule has 150 valence electrons. The number of para-hydroxylation sites is 3. The van der Waals surface area contributed by atoms with Gasteiger partial charge in [0.15, 0.2) is 0 Å². The number of sulfonamides is 1. The maximum absolute atomic E-state index is 12.7. The molecule has 28 heavy (non-hydrogen) atoms. The van der Waals surface area contributed by atoms with Crippen LogP contribution in [0.5, 0.6) is 5.75 Å². The van der Waals surface area contributed by atoms with Gasteiger partial charge in [-0.1, -0.05) is 30.3 Å². The highest BCUT2D eigenvalue weighted by Crippen LogP contribution is 2.31. The molecule has 0 bridgehead atoms. The Labute approximate surface area is 166 Å². The monoisotopic (exact) mass is 402 g/mol. The van der Waals surface area contributed by atoms with Crippen molar-refractivity contribution < 1.29 is 17.9 Å². The average Bonchev–Trinajstić information content (AvgIpc) is 3.09. The normalized spacial score (nSPS) is 13.3. The van der Waals surface area contributed by atoms with Crippen molar-refractivity contribution >= 4 is 27.3 Å². The van der Waals surface area contributed by atoms with Gasteiger partial charge in [-0.2, -0.15) is 0 Å². The highest BCUT2D eigenvalue weighted by molar-refractivity contribution is 7.92. The SMILES string of the molecule is CCOc1ccccc1N(CCCC(=O)N1CCc2ccccc21)S(C)(=O)=O. The summed E-state index contributed by atoms with van der Waals surface area (Å²) in [6.07, 6.45) is 2.76. The molecule has 0 atom stereocenters. The molecule has 3 rings (SSSR count). The molecule has 1 amide bonds. The molecule has 0 radical (unpaired) electrons. The summed E-state index contributed by atoms with van der Waals surface area (Å²) >= 11 is 0. The van der Waals surface area contributed by atoms with Gasteiger partial charge in [-0.05, 0) is 43.5 Å². The molecule has 1 heterocycles. The molecule has 1 aliphatic heterocycles. The lowest BCUT2D eigenvalue weighted by Gasteiger charge is -2.25. The van der Waals surface area contributed by atoms with Crippen molar-refractivity contribution in [2.75, 3.05) is 35.2 Å². The molecule has 2 aromatic rings. The van der Waals surface area contributed by atoms with Gasteiger partial charge in [-0.25, -0.2) is 8.42 Å². The van der Waals surface area contributed by atoms with E-state index in [1.54, 1.807) is 23.1 Å². The highest BCUT2D eigenvalue weighted by Gasteiger charge is 2.25. The number of carbonyl (C=O) groups excluding carboxylic acids is 1. The van der Waals surface area contributed by atoms with E-state index in [2.05, 4.69) is 0 Å². The zero-order valence-electron chi connectivity index (χ0n) is 16.3. The Balaban J connectivity index is 1.68. The number of carbonyl (C=O) groups is 1. The molecular weight excluding hydrogens is 376 g/mol. The first-order valence-electron chi connectivity index (χ1n) is 9.49. The Morgan fingerprint density at radius 1 is 1.14 bits per heavy atom. The van der Waals surface area contributed by atoms with Crippen LogP contribution < -0.4 is 13.9 Å². The van der Waals surface area contributed by atoms with Crippen LogP contribution in [-0.2, 0) is 21.2 Å². The van der Waals surface area contributed by atoms with E-state index in [1.807, 2.05) is 37.3 Å². The molecule has 0 unspecified atom stereocenters. The third-order valence-electron chi connectivity index (χ3n) is 4.77. The predicted octanol–water partition coefficient (Wildman–Crippen LogP) is 3.22. The minimum absolute atomic E-state index is 0.0245.